The van der Waals surface area contributed by atoms with E-state index in [1.165, 1.54) is 0 Å². The van der Waals surface area contributed by atoms with Crippen LogP contribution in [-0.2, 0) is 14.3 Å². The summed E-state index contributed by atoms with van der Waals surface area (Å²) in [5.41, 5.74) is 4.73. The van der Waals surface area contributed by atoms with Crippen LogP contribution in [0.15, 0.2) is 0 Å². The first-order valence-electron chi connectivity index (χ1n) is 5.44. The van der Waals surface area contributed by atoms with E-state index in [4.69, 9.17) is 15.2 Å². The van der Waals surface area contributed by atoms with Crippen LogP contribution in [0.2, 0.25) is 0 Å². The van der Waals surface area contributed by atoms with Gasteiger partial charge in [-0.15, -0.1) is 0 Å². The molecular formula is C11H23NO3. The molecule has 90 valence electrons. The maximum absolute atomic E-state index is 11.4. The predicted octanol–water partition coefficient (Wildman–Crippen LogP) is 1.33. The van der Waals surface area contributed by atoms with Crippen LogP contribution in [0.5, 0.6) is 0 Å². The molecule has 2 N–H and O–H groups in total. The molecule has 0 saturated heterocycles. The molecule has 0 heterocycles. The molecule has 4 heteroatoms. The van der Waals surface area contributed by atoms with E-state index in [2.05, 4.69) is 13.8 Å². The summed E-state index contributed by atoms with van der Waals surface area (Å²) in [6.07, 6.45) is 0.971. The van der Waals surface area contributed by atoms with Crippen LogP contribution >= 0.6 is 0 Å². The smallest absolute Gasteiger partial charge is 0.328 e. The first-order valence-corrected chi connectivity index (χ1v) is 5.44. The lowest BCUT2D eigenvalue weighted by molar-refractivity contribution is -0.151. The van der Waals surface area contributed by atoms with E-state index in [1.54, 1.807) is 13.8 Å². The lowest BCUT2D eigenvalue weighted by Gasteiger charge is -2.22. The van der Waals surface area contributed by atoms with E-state index in [-0.39, 0.29) is 6.61 Å². The molecule has 0 fully saturated rings. The van der Waals surface area contributed by atoms with Crippen LogP contribution in [0.25, 0.3) is 0 Å². The normalized spacial score (nSPS) is 15.1. The molecule has 0 amide bonds. The molecule has 0 aromatic heterocycles. The van der Waals surface area contributed by atoms with Crippen molar-refractivity contribution in [2.45, 2.75) is 39.7 Å². The Hall–Kier alpha value is -0.610. The number of rotatable bonds is 7. The molecule has 0 aliphatic rings. The quantitative estimate of drug-likeness (QED) is 0.516. The van der Waals surface area contributed by atoms with Crippen LogP contribution in [-0.4, -0.2) is 31.3 Å². The fourth-order valence-electron chi connectivity index (χ4n) is 0.958. The Morgan fingerprint density at radius 3 is 2.53 bits per heavy atom. The summed E-state index contributed by atoms with van der Waals surface area (Å²) >= 11 is 0. The minimum atomic E-state index is -1.03. The maximum Gasteiger partial charge on any atom is 0.328 e. The Balaban J connectivity index is 3.78. The van der Waals surface area contributed by atoms with Gasteiger partial charge >= 0.3 is 5.97 Å². The molecule has 0 aliphatic carbocycles. The third-order valence-corrected chi connectivity index (χ3v) is 1.98. The number of ether oxygens (including phenoxy) is 2. The van der Waals surface area contributed by atoms with Gasteiger partial charge in [0.05, 0.1) is 13.2 Å². The fraction of sp³-hybridized carbons (Fsp3) is 0.909. The third-order valence-electron chi connectivity index (χ3n) is 1.98. The van der Waals surface area contributed by atoms with E-state index in [0.717, 1.165) is 6.42 Å². The van der Waals surface area contributed by atoms with Crippen molar-refractivity contribution in [1.82, 2.24) is 0 Å². The summed E-state index contributed by atoms with van der Waals surface area (Å²) < 4.78 is 10.2. The molecule has 0 aromatic carbocycles. The van der Waals surface area contributed by atoms with Crippen LogP contribution in [0.4, 0.5) is 0 Å². The topological polar surface area (TPSA) is 61.5 Å². The lowest BCUT2D eigenvalue weighted by atomic mass is 10.1. The number of carbonyl (C=O) groups excluding carboxylic acids is 1. The fourth-order valence-corrected chi connectivity index (χ4v) is 0.958. The van der Waals surface area contributed by atoms with E-state index in [0.29, 0.717) is 19.1 Å². The van der Waals surface area contributed by atoms with Gasteiger partial charge in [0.2, 0.25) is 0 Å². The van der Waals surface area contributed by atoms with Crippen molar-refractivity contribution in [3.8, 4) is 0 Å². The molecular weight excluding hydrogens is 194 g/mol. The van der Waals surface area contributed by atoms with E-state index in [9.17, 15) is 4.79 Å². The zero-order valence-corrected chi connectivity index (χ0v) is 10.2. The average molecular weight is 217 g/mol. The van der Waals surface area contributed by atoms with Gasteiger partial charge in [0.15, 0.2) is 0 Å². The first-order chi connectivity index (χ1) is 6.90. The zero-order chi connectivity index (χ0) is 11.9. The van der Waals surface area contributed by atoms with Crippen LogP contribution in [0.3, 0.4) is 0 Å². The highest BCUT2D eigenvalue weighted by molar-refractivity contribution is 5.80. The summed E-state index contributed by atoms with van der Waals surface area (Å²) in [6.45, 7) is 8.81. The van der Waals surface area contributed by atoms with Gasteiger partial charge in [0.25, 0.3) is 0 Å². The first kappa shape index (κ1) is 14.4. The second kappa shape index (κ2) is 6.80. The standard InChI is InChI=1S/C11H23NO3/c1-5-15-10(13)11(4,12)8-14-7-6-9(2)3/h9H,5-8,12H2,1-4H3. The lowest BCUT2D eigenvalue weighted by Crippen LogP contribution is -2.50. The summed E-state index contributed by atoms with van der Waals surface area (Å²) in [6, 6.07) is 0. The van der Waals surface area contributed by atoms with Gasteiger partial charge in [0, 0.05) is 6.61 Å². The Bertz CT molecular complexity index is 190. The number of hydrogen-bond acceptors (Lipinski definition) is 4. The zero-order valence-electron chi connectivity index (χ0n) is 10.2. The van der Waals surface area contributed by atoms with Crippen LogP contribution in [0.1, 0.15) is 34.1 Å². The maximum atomic E-state index is 11.4. The predicted molar refractivity (Wildman–Crippen MR) is 59.5 cm³/mol. The molecule has 1 atom stereocenters. The molecule has 1 unspecified atom stereocenters. The Morgan fingerprint density at radius 1 is 1.47 bits per heavy atom. The second-order valence-electron chi connectivity index (χ2n) is 4.37. The van der Waals surface area contributed by atoms with Gasteiger partial charge in [-0.05, 0) is 26.2 Å². The van der Waals surface area contributed by atoms with Gasteiger partial charge in [-0.1, -0.05) is 13.8 Å². The summed E-state index contributed by atoms with van der Waals surface area (Å²) in [5, 5.41) is 0. The SMILES string of the molecule is CCOC(=O)C(C)(N)COCCC(C)C. The number of esters is 1. The van der Waals surface area contributed by atoms with Crippen molar-refractivity contribution < 1.29 is 14.3 Å². The average Bonchev–Trinajstić information content (AvgIpc) is 2.12. The highest BCUT2D eigenvalue weighted by Gasteiger charge is 2.30. The summed E-state index contributed by atoms with van der Waals surface area (Å²) in [5.74, 6) is 0.186. The van der Waals surface area contributed by atoms with Crippen molar-refractivity contribution in [2.75, 3.05) is 19.8 Å². The van der Waals surface area contributed by atoms with Gasteiger partial charge in [-0.3, -0.25) is 0 Å². The molecule has 0 spiro atoms. The van der Waals surface area contributed by atoms with E-state index >= 15 is 0 Å². The molecule has 0 rings (SSSR count). The Morgan fingerprint density at radius 2 is 2.07 bits per heavy atom. The monoisotopic (exact) mass is 217 g/mol. The third kappa shape index (κ3) is 6.47. The van der Waals surface area contributed by atoms with Gasteiger partial charge in [0.1, 0.15) is 5.54 Å². The summed E-state index contributed by atoms with van der Waals surface area (Å²) in [7, 11) is 0. The number of nitrogens with two attached hydrogens (primary N) is 1. The number of carbonyl (C=O) groups is 1. The van der Waals surface area contributed by atoms with Gasteiger partial charge < -0.3 is 15.2 Å². The number of hydrogen-bond donors (Lipinski definition) is 1. The van der Waals surface area contributed by atoms with Crippen molar-refractivity contribution in [1.29, 1.82) is 0 Å². The second-order valence-corrected chi connectivity index (χ2v) is 4.37. The molecule has 4 nitrogen and oxygen atoms in total. The largest absolute Gasteiger partial charge is 0.465 e. The highest BCUT2D eigenvalue weighted by Crippen LogP contribution is 2.05. The van der Waals surface area contributed by atoms with Crippen molar-refractivity contribution in [3.05, 3.63) is 0 Å². The van der Waals surface area contributed by atoms with Crippen LogP contribution in [0, 0.1) is 5.92 Å². The van der Waals surface area contributed by atoms with E-state index in [1.807, 2.05) is 0 Å². The molecule has 0 aromatic rings. The molecule has 0 bridgehead atoms. The highest BCUT2D eigenvalue weighted by atomic mass is 16.5. The molecule has 0 radical (unpaired) electrons. The van der Waals surface area contributed by atoms with Crippen molar-refractivity contribution >= 4 is 5.97 Å². The molecule has 15 heavy (non-hydrogen) atoms. The van der Waals surface area contributed by atoms with Gasteiger partial charge in [-0.25, -0.2) is 4.79 Å². The minimum Gasteiger partial charge on any atom is -0.465 e. The Labute approximate surface area is 92.1 Å². The summed E-state index contributed by atoms with van der Waals surface area (Å²) in [4.78, 5) is 11.4. The van der Waals surface area contributed by atoms with E-state index < -0.39 is 11.5 Å². The van der Waals surface area contributed by atoms with Crippen molar-refractivity contribution in [2.24, 2.45) is 11.7 Å². The van der Waals surface area contributed by atoms with Gasteiger partial charge in [-0.2, -0.15) is 0 Å². The molecule has 0 aliphatic heterocycles. The Kier molecular flexibility index (Phi) is 6.52. The van der Waals surface area contributed by atoms with Crippen LogP contribution < -0.4 is 5.73 Å². The van der Waals surface area contributed by atoms with Crippen molar-refractivity contribution in [3.63, 3.8) is 0 Å². The molecule has 0 saturated carbocycles. The minimum absolute atomic E-state index is 0.207.